The molecule has 2 aliphatic rings. The Labute approximate surface area is 231 Å². The van der Waals surface area contributed by atoms with Crippen LogP contribution in [-0.4, -0.2) is 74.8 Å². The molecule has 1 atom stereocenters. The number of aliphatic hydroxyl groups excluding tert-OH is 1. The summed E-state index contributed by atoms with van der Waals surface area (Å²) in [7, 11) is 2.05. The first-order chi connectivity index (χ1) is 18.7. The van der Waals surface area contributed by atoms with E-state index < -0.39 is 11.8 Å². The molecule has 4 aromatic rings. The molecule has 1 fully saturated rings. The van der Waals surface area contributed by atoms with Crippen LogP contribution < -0.4 is 0 Å². The van der Waals surface area contributed by atoms with E-state index in [4.69, 9.17) is 16.6 Å². The summed E-state index contributed by atoms with van der Waals surface area (Å²) < 4.78 is 0. The fraction of sp³-hybridized carbons (Fsp3) is 0.300. The molecule has 2 aliphatic heterocycles. The quantitative estimate of drug-likeness (QED) is 0.391. The Hall–Kier alpha value is -3.72. The molecule has 1 unspecified atom stereocenters. The van der Waals surface area contributed by atoms with Crippen LogP contribution in [0.1, 0.15) is 51.9 Å². The van der Waals surface area contributed by atoms with E-state index in [0.717, 1.165) is 18.7 Å². The van der Waals surface area contributed by atoms with Gasteiger partial charge in [0.05, 0.1) is 22.1 Å². The Balaban J connectivity index is 1.38. The standard InChI is InChI=1S/C30H30ClN5O3/c1-30(2,19-7-5-4-6-8-19)36-28(38)24-20(10-11-21(31)25(24)29(36)39)26-32-22-12-9-18(17-23(22)33-26)27(37)35-15-13-34(3)14-16-35/h4-12,17,29,39H,13-16H2,1-3H3,(H,32,33). The zero-order valence-electron chi connectivity index (χ0n) is 22.1. The van der Waals surface area contributed by atoms with Crippen LogP contribution in [0.2, 0.25) is 5.02 Å². The number of piperazine rings is 1. The molecule has 1 aromatic heterocycles. The van der Waals surface area contributed by atoms with Crippen LogP contribution in [0.5, 0.6) is 0 Å². The average molecular weight is 544 g/mol. The van der Waals surface area contributed by atoms with E-state index in [2.05, 4.69) is 16.9 Å². The molecule has 8 nitrogen and oxygen atoms in total. The molecule has 39 heavy (non-hydrogen) atoms. The van der Waals surface area contributed by atoms with Crippen molar-refractivity contribution in [2.75, 3.05) is 33.2 Å². The smallest absolute Gasteiger partial charge is 0.258 e. The van der Waals surface area contributed by atoms with Crippen molar-refractivity contribution in [1.82, 2.24) is 24.7 Å². The molecule has 3 heterocycles. The number of H-pyrrole nitrogens is 1. The monoisotopic (exact) mass is 543 g/mol. The molecule has 9 heteroatoms. The van der Waals surface area contributed by atoms with Crippen LogP contribution in [-0.2, 0) is 5.54 Å². The van der Waals surface area contributed by atoms with Gasteiger partial charge in [-0.2, -0.15) is 0 Å². The Morgan fingerprint density at radius 1 is 1.05 bits per heavy atom. The highest BCUT2D eigenvalue weighted by Crippen LogP contribution is 2.47. The van der Waals surface area contributed by atoms with Crippen molar-refractivity contribution in [1.29, 1.82) is 0 Å². The largest absolute Gasteiger partial charge is 0.369 e. The van der Waals surface area contributed by atoms with E-state index in [1.807, 2.05) is 61.2 Å². The van der Waals surface area contributed by atoms with Gasteiger partial charge in [-0.05, 0) is 56.8 Å². The summed E-state index contributed by atoms with van der Waals surface area (Å²) in [6.07, 6.45) is -1.22. The number of nitrogens with zero attached hydrogens (tertiary/aromatic N) is 4. The molecule has 2 N–H and O–H groups in total. The zero-order valence-corrected chi connectivity index (χ0v) is 22.9. The summed E-state index contributed by atoms with van der Waals surface area (Å²) in [6.45, 7) is 6.90. The van der Waals surface area contributed by atoms with Gasteiger partial charge >= 0.3 is 0 Å². The highest BCUT2D eigenvalue weighted by Gasteiger charge is 2.47. The van der Waals surface area contributed by atoms with E-state index in [1.54, 1.807) is 18.2 Å². The zero-order chi connectivity index (χ0) is 27.5. The average Bonchev–Trinajstić information content (AvgIpc) is 3.48. The second-order valence-electron chi connectivity index (χ2n) is 10.8. The predicted molar refractivity (Wildman–Crippen MR) is 151 cm³/mol. The number of hydrogen-bond donors (Lipinski definition) is 2. The number of benzene rings is 3. The molecular weight excluding hydrogens is 514 g/mol. The van der Waals surface area contributed by atoms with Crippen molar-refractivity contribution < 1.29 is 14.7 Å². The third-order valence-corrected chi connectivity index (χ3v) is 8.31. The number of carbonyl (C=O) groups is 2. The number of fused-ring (bicyclic) bond motifs is 2. The summed E-state index contributed by atoms with van der Waals surface area (Å²) in [5.41, 5.74) is 3.30. The third kappa shape index (κ3) is 4.19. The molecule has 200 valence electrons. The molecule has 3 aromatic carbocycles. The van der Waals surface area contributed by atoms with Gasteiger partial charge in [-0.3, -0.25) is 14.5 Å². The summed E-state index contributed by atoms with van der Waals surface area (Å²) in [4.78, 5) is 40.6. The first kappa shape index (κ1) is 25.6. The minimum atomic E-state index is -1.22. The number of nitrogens with one attached hydrogen (secondary N) is 1. The molecule has 0 aliphatic carbocycles. The van der Waals surface area contributed by atoms with Crippen LogP contribution in [0.3, 0.4) is 0 Å². The number of carbonyl (C=O) groups excluding carboxylic acids is 2. The maximum Gasteiger partial charge on any atom is 0.258 e. The summed E-state index contributed by atoms with van der Waals surface area (Å²) in [6, 6.07) is 18.5. The second kappa shape index (κ2) is 9.48. The van der Waals surface area contributed by atoms with E-state index in [1.165, 1.54) is 4.90 Å². The number of hydrogen-bond acceptors (Lipinski definition) is 5. The number of aromatic amines is 1. The number of imidazole rings is 1. The number of likely N-dealkylation sites (N-methyl/N-ethyl adjacent to an activating group) is 1. The number of halogens is 1. The molecule has 0 radical (unpaired) electrons. The maximum absolute atomic E-state index is 13.9. The fourth-order valence-corrected chi connectivity index (χ4v) is 5.90. The van der Waals surface area contributed by atoms with Gasteiger partial charge in [0.25, 0.3) is 11.8 Å². The first-order valence-corrected chi connectivity index (χ1v) is 13.4. The normalized spacial score (nSPS) is 18.2. The minimum Gasteiger partial charge on any atom is -0.369 e. The number of aliphatic hydroxyl groups is 1. The van der Waals surface area contributed by atoms with Crippen molar-refractivity contribution in [3.05, 3.63) is 87.9 Å². The molecule has 2 amide bonds. The lowest BCUT2D eigenvalue weighted by Gasteiger charge is -2.38. The van der Waals surface area contributed by atoms with Crippen molar-refractivity contribution in [2.45, 2.75) is 25.6 Å². The lowest BCUT2D eigenvalue weighted by Crippen LogP contribution is -2.47. The molecular formula is C30H30ClN5O3. The Kier molecular flexibility index (Phi) is 6.21. The Morgan fingerprint density at radius 2 is 1.77 bits per heavy atom. The highest BCUT2D eigenvalue weighted by molar-refractivity contribution is 6.32. The molecule has 0 bridgehead atoms. The number of rotatable bonds is 4. The summed E-state index contributed by atoms with van der Waals surface area (Å²) in [5, 5.41) is 11.7. The fourth-order valence-electron chi connectivity index (χ4n) is 5.64. The number of aromatic nitrogens is 2. The van der Waals surface area contributed by atoms with Crippen LogP contribution in [0.4, 0.5) is 0 Å². The molecule has 6 rings (SSSR count). The van der Waals surface area contributed by atoms with Gasteiger partial charge in [-0.25, -0.2) is 4.98 Å². The van der Waals surface area contributed by atoms with Crippen molar-refractivity contribution >= 4 is 34.4 Å². The SMILES string of the molecule is CN1CCN(C(=O)c2ccc3nc(-c4ccc(Cl)c5c4C(=O)N(C(C)(C)c4ccccc4)C5O)[nH]c3c2)CC1. The van der Waals surface area contributed by atoms with Crippen LogP contribution in [0.15, 0.2) is 60.7 Å². The van der Waals surface area contributed by atoms with Crippen LogP contribution >= 0.6 is 11.6 Å². The van der Waals surface area contributed by atoms with Gasteiger partial charge in [-0.15, -0.1) is 0 Å². The lowest BCUT2D eigenvalue weighted by molar-refractivity contribution is -0.0304. The Bertz CT molecular complexity index is 1590. The van der Waals surface area contributed by atoms with E-state index in [0.29, 0.717) is 57.2 Å². The molecule has 0 saturated carbocycles. The molecule has 1 saturated heterocycles. The van der Waals surface area contributed by atoms with Gasteiger partial charge in [0.15, 0.2) is 6.23 Å². The predicted octanol–water partition coefficient (Wildman–Crippen LogP) is 4.65. The lowest BCUT2D eigenvalue weighted by atomic mass is 9.92. The van der Waals surface area contributed by atoms with E-state index in [9.17, 15) is 14.7 Å². The summed E-state index contributed by atoms with van der Waals surface area (Å²) >= 11 is 6.55. The van der Waals surface area contributed by atoms with Crippen molar-refractivity contribution in [3.63, 3.8) is 0 Å². The van der Waals surface area contributed by atoms with Crippen LogP contribution in [0.25, 0.3) is 22.4 Å². The van der Waals surface area contributed by atoms with Gasteiger partial charge in [0.1, 0.15) is 5.82 Å². The highest BCUT2D eigenvalue weighted by atomic mass is 35.5. The number of amides is 2. The van der Waals surface area contributed by atoms with Crippen LogP contribution in [0, 0.1) is 0 Å². The van der Waals surface area contributed by atoms with Gasteiger partial charge in [0.2, 0.25) is 0 Å². The minimum absolute atomic E-state index is 0.00869. The van der Waals surface area contributed by atoms with Gasteiger partial charge in [0, 0.05) is 47.9 Å². The first-order valence-electron chi connectivity index (χ1n) is 13.0. The van der Waals surface area contributed by atoms with Gasteiger partial charge in [-0.1, -0.05) is 41.9 Å². The third-order valence-electron chi connectivity index (χ3n) is 7.98. The van der Waals surface area contributed by atoms with Gasteiger partial charge < -0.3 is 19.9 Å². The summed E-state index contributed by atoms with van der Waals surface area (Å²) in [5.74, 6) is 0.142. The molecule has 0 spiro atoms. The van der Waals surface area contributed by atoms with Crippen molar-refractivity contribution in [3.8, 4) is 11.4 Å². The second-order valence-corrected chi connectivity index (χ2v) is 11.2. The topological polar surface area (TPSA) is 92.8 Å². The Morgan fingerprint density at radius 3 is 2.49 bits per heavy atom. The van der Waals surface area contributed by atoms with E-state index in [-0.39, 0.29) is 11.8 Å². The van der Waals surface area contributed by atoms with Crippen molar-refractivity contribution in [2.24, 2.45) is 0 Å². The van der Waals surface area contributed by atoms with E-state index >= 15 is 0 Å². The maximum atomic E-state index is 13.9.